The Kier molecular flexibility index (Phi) is 7.57. The molecule has 3 rings (SSSR count). The number of anilines is 1. The summed E-state index contributed by atoms with van der Waals surface area (Å²) in [5, 5.41) is 22.5. The van der Waals surface area contributed by atoms with E-state index in [1.807, 2.05) is 44.2 Å². The molecule has 2 unspecified atom stereocenters. The number of hydrogen-bond acceptors (Lipinski definition) is 7. The van der Waals surface area contributed by atoms with Gasteiger partial charge in [-0.3, -0.25) is 0 Å². The van der Waals surface area contributed by atoms with Gasteiger partial charge in [0, 0.05) is 19.2 Å². The Morgan fingerprint density at radius 2 is 1.88 bits per heavy atom. The molecule has 0 fully saturated rings. The van der Waals surface area contributed by atoms with E-state index in [1.54, 1.807) is 0 Å². The van der Waals surface area contributed by atoms with Gasteiger partial charge in [-0.25, -0.2) is 13.2 Å². The van der Waals surface area contributed by atoms with E-state index < -0.39 is 28.3 Å². The smallest absolute Gasteiger partial charge is 0.404 e. The Balaban J connectivity index is 1.88. The summed E-state index contributed by atoms with van der Waals surface area (Å²) in [4.78, 5) is 15.3. The summed E-state index contributed by atoms with van der Waals surface area (Å²) in [6, 6.07) is 12.3. The molecular weight excluding hydrogens is 448 g/mol. The predicted molar refractivity (Wildman–Crippen MR) is 123 cm³/mol. The average molecular weight is 477 g/mol. The number of oxazole rings is 1. The van der Waals surface area contributed by atoms with Gasteiger partial charge in [-0.05, 0) is 30.0 Å². The second-order valence-electron chi connectivity index (χ2n) is 8.21. The van der Waals surface area contributed by atoms with Crippen molar-refractivity contribution in [2.24, 2.45) is 5.92 Å². The van der Waals surface area contributed by atoms with Crippen LogP contribution >= 0.6 is 0 Å². The van der Waals surface area contributed by atoms with Crippen molar-refractivity contribution in [3.63, 3.8) is 0 Å². The SMILES string of the molecule is CC(C)CN(CC(O)C(Cc1ccccc1)NC(=O)O)S(=O)(=O)c1ccc2nc(N)oc2c1. The lowest BCUT2D eigenvalue weighted by Crippen LogP contribution is -2.50. The van der Waals surface area contributed by atoms with Crippen LogP contribution in [0.4, 0.5) is 10.8 Å². The van der Waals surface area contributed by atoms with E-state index in [1.165, 1.54) is 18.2 Å². The molecule has 0 aliphatic carbocycles. The number of aliphatic hydroxyl groups excluding tert-OH is 1. The van der Waals surface area contributed by atoms with Crippen LogP contribution in [-0.4, -0.2) is 59.2 Å². The fraction of sp³-hybridized carbons (Fsp3) is 0.364. The molecule has 1 amide bonds. The van der Waals surface area contributed by atoms with Crippen LogP contribution in [0.3, 0.4) is 0 Å². The van der Waals surface area contributed by atoms with Crippen LogP contribution in [-0.2, 0) is 16.4 Å². The maximum absolute atomic E-state index is 13.4. The third-order valence-corrected chi connectivity index (χ3v) is 6.87. The third kappa shape index (κ3) is 6.21. The molecule has 1 aromatic heterocycles. The number of sulfonamides is 1. The fourth-order valence-corrected chi connectivity index (χ4v) is 5.19. The largest absolute Gasteiger partial charge is 0.465 e. The summed E-state index contributed by atoms with van der Waals surface area (Å²) in [6.07, 6.45) is -2.39. The zero-order valence-electron chi connectivity index (χ0n) is 18.4. The Labute approximate surface area is 192 Å². The van der Waals surface area contributed by atoms with Gasteiger partial charge in [0.2, 0.25) is 10.0 Å². The monoisotopic (exact) mass is 476 g/mol. The second-order valence-corrected chi connectivity index (χ2v) is 10.1. The quantitative estimate of drug-likeness (QED) is 0.347. The summed E-state index contributed by atoms with van der Waals surface area (Å²) >= 11 is 0. The van der Waals surface area contributed by atoms with Gasteiger partial charge < -0.3 is 25.7 Å². The Morgan fingerprint density at radius 1 is 1.18 bits per heavy atom. The van der Waals surface area contributed by atoms with Gasteiger partial charge >= 0.3 is 6.09 Å². The number of carboxylic acid groups (broad SMARTS) is 1. The first-order valence-corrected chi connectivity index (χ1v) is 11.9. The minimum absolute atomic E-state index is 0.0372. The van der Waals surface area contributed by atoms with Crippen molar-refractivity contribution in [2.45, 2.75) is 37.3 Å². The molecule has 0 bridgehead atoms. The highest BCUT2D eigenvalue weighted by molar-refractivity contribution is 7.89. The van der Waals surface area contributed by atoms with Crippen molar-refractivity contribution >= 4 is 33.2 Å². The molecule has 178 valence electrons. The number of aliphatic hydroxyl groups is 1. The van der Waals surface area contributed by atoms with Crippen molar-refractivity contribution in [1.82, 2.24) is 14.6 Å². The van der Waals surface area contributed by atoms with Crippen LogP contribution in [0, 0.1) is 5.92 Å². The summed E-state index contributed by atoms with van der Waals surface area (Å²) in [7, 11) is -4.04. The molecule has 33 heavy (non-hydrogen) atoms. The normalized spacial score (nSPS) is 14.0. The molecule has 10 nitrogen and oxygen atoms in total. The first-order valence-electron chi connectivity index (χ1n) is 10.4. The molecule has 0 saturated carbocycles. The molecule has 0 spiro atoms. The van der Waals surface area contributed by atoms with Gasteiger partial charge in [0.1, 0.15) is 5.52 Å². The van der Waals surface area contributed by atoms with E-state index in [-0.39, 0.29) is 41.9 Å². The molecule has 11 heteroatoms. The maximum Gasteiger partial charge on any atom is 0.404 e. The molecule has 0 saturated heterocycles. The number of fused-ring (bicyclic) bond motifs is 1. The van der Waals surface area contributed by atoms with Crippen LogP contribution < -0.4 is 11.1 Å². The Hall–Kier alpha value is -3.15. The van der Waals surface area contributed by atoms with Crippen LogP contribution in [0.25, 0.3) is 11.1 Å². The second kappa shape index (κ2) is 10.2. The number of carbonyl (C=O) groups is 1. The van der Waals surface area contributed by atoms with Crippen molar-refractivity contribution < 1.29 is 27.8 Å². The van der Waals surface area contributed by atoms with Crippen molar-refractivity contribution in [3.05, 3.63) is 54.1 Å². The molecule has 3 aromatic rings. The molecule has 2 atom stereocenters. The van der Waals surface area contributed by atoms with Crippen LogP contribution in [0.1, 0.15) is 19.4 Å². The molecule has 0 aliphatic rings. The lowest BCUT2D eigenvalue weighted by atomic mass is 10.0. The van der Waals surface area contributed by atoms with Gasteiger partial charge in [-0.1, -0.05) is 44.2 Å². The molecule has 2 aromatic carbocycles. The van der Waals surface area contributed by atoms with Gasteiger partial charge in [0.25, 0.3) is 6.01 Å². The number of amides is 1. The minimum Gasteiger partial charge on any atom is -0.465 e. The van der Waals surface area contributed by atoms with Crippen LogP contribution in [0.2, 0.25) is 0 Å². The van der Waals surface area contributed by atoms with E-state index in [9.17, 15) is 23.4 Å². The van der Waals surface area contributed by atoms with E-state index in [0.717, 1.165) is 9.87 Å². The number of nitrogens with two attached hydrogens (primary N) is 1. The van der Waals surface area contributed by atoms with Crippen LogP contribution in [0.15, 0.2) is 57.8 Å². The number of nitrogen functional groups attached to an aromatic ring is 1. The highest BCUT2D eigenvalue weighted by Crippen LogP contribution is 2.24. The molecule has 0 aliphatic heterocycles. The lowest BCUT2D eigenvalue weighted by Gasteiger charge is -2.30. The Bertz CT molecular complexity index is 1200. The lowest BCUT2D eigenvalue weighted by molar-refractivity contribution is 0.0980. The topological polar surface area (TPSA) is 159 Å². The summed E-state index contributed by atoms with van der Waals surface area (Å²) in [5.41, 5.74) is 7.02. The number of hydrogen-bond donors (Lipinski definition) is 4. The standard InChI is InChI=1S/C22H28N4O6S/c1-14(2)12-26(33(30,31)16-8-9-17-20(11-16)32-21(23)24-17)13-19(27)18(25-22(28)29)10-15-6-4-3-5-7-15/h3-9,11,14,18-19,25,27H,10,12-13H2,1-2H3,(H2,23,24)(H,28,29). The van der Waals surface area contributed by atoms with Gasteiger partial charge in [-0.2, -0.15) is 9.29 Å². The summed E-state index contributed by atoms with van der Waals surface area (Å²) in [6.45, 7) is 3.54. The average Bonchev–Trinajstić information content (AvgIpc) is 3.12. The fourth-order valence-electron chi connectivity index (χ4n) is 3.56. The molecule has 1 heterocycles. The zero-order chi connectivity index (χ0) is 24.2. The number of rotatable bonds is 10. The summed E-state index contributed by atoms with van der Waals surface area (Å²) < 4.78 is 33.3. The molecular formula is C22H28N4O6S. The van der Waals surface area contributed by atoms with Gasteiger partial charge in [0.15, 0.2) is 5.58 Å². The highest BCUT2D eigenvalue weighted by atomic mass is 32.2. The van der Waals surface area contributed by atoms with Gasteiger partial charge in [0.05, 0.1) is 17.0 Å². The van der Waals surface area contributed by atoms with E-state index in [4.69, 9.17) is 10.2 Å². The van der Waals surface area contributed by atoms with E-state index >= 15 is 0 Å². The number of nitrogens with zero attached hydrogens (tertiary/aromatic N) is 2. The number of aromatic nitrogens is 1. The van der Waals surface area contributed by atoms with Crippen molar-refractivity contribution in [1.29, 1.82) is 0 Å². The minimum atomic E-state index is -4.04. The maximum atomic E-state index is 13.4. The summed E-state index contributed by atoms with van der Waals surface area (Å²) in [5.74, 6) is -0.0448. The first kappa shape index (κ1) is 24.5. The highest BCUT2D eigenvalue weighted by Gasteiger charge is 2.31. The molecule has 5 N–H and O–H groups in total. The predicted octanol–water partition coefficient (Wildman–Crippen LogP) is 2.30. The number of nitrogens with one attached hydrogen (secondary N) is 1. The van der Waals surface area contributed by atoms with Crippen molar-refractivity contribution in [2.75, 3.05) is 18.8 Å². The molecule has 0 radical (unpaired) electrons. The Morgan fingerprint density at radius 3 is 2.52 bits per heavy atom. The van der Waals surface area contributed by atoms with Crippen LogP contribution in [0.5, 0.6) is 0 Å². The van der Waals surface area contributed by atoms with Crippen molar-refractivity contribution in [3.8, 4) is 0 Å². The zero-order valence-corrected chi connectivity index (χ0v) is 19.2. The first-order chi connectivity index (χ1) is 15.6. The van der Waals surface area contributed by atoms with E-state index in [2.05, 4.69) is 10.3 Å². The van der Waals surface area contributed by atoms with Gasteiger partial charge in [-0.15, -0.1) is 0 Å². The van der Waals surface area contributed by atoms with E-state index in [0.29, 0.717) is 5.52 Å². The number of benzene rings is 2. The third-order valence-electron chi connectivity index (χ3n) is 5.05.